The van der Waals surface area contributed by atoms with Gasteiger partial charge in [-0.1, -0.05) is 5.10 Å². The van der Waals surface area contributed by atoms with Gasteiger partial charge in [-0.05, 0) is 39.3 Å². The predicted molar refractivity (Wildman–Crippen MR) is 72.2 cm³/mol. The van der Waals surface area contributed by atoms with E-state index in [1.165, 1.54) is 0 Å². The second-order valence-corrected chi connectivity index (χ2v) is 14.6. The summed E-state index contributed by atoms with van der Waals surface area (Å²) in [6, 6.07) is 0.242. The molecule has 6 nitrogen and oxygen atoms in total. The summed E-state index contributed by atoms with van der Waals surface area (Å²) in [6.45, 7) is 12.3. The van der Waals surface area contributed by atoms with Gasteiger partial charge < -0.3 is 14.6 Å². The Morgan fingerprint density at radius 3 is 1.88 bits per heavy atom. The van der Waals surface area contributed by atoms with Gasteiger partial charge in [0.25, 0.3) is 0 Å². The minimum atomic E-state index is -1.77. The number of anilines is 1. The third kappa shape index (κ3) is 5.13. The number of nitrogens with zero attached hydrogens (tertiary/aromatic N) is 3. The van der Waals surface area contributed by atoms with E-state index in [-0.39, 0.29) is 11.8 Å². The van der Waals surface area contributed by atoms with Crippen molar-refractivity contribution in [3.8, 4) is 11.9 Å². The molecule has 1 heterocycles. The van der Waals surface area contributed by atoms with E-state index in [0.717, 1.165) is 0 Å². The van der Waals surface area contributed by atoms with Crippen molar-refractivity contribution in [3.05, 3.63) is 0 Å². The normalized spacial score (nSPS) is 12.4. The van der Waals surface area contributed by atoms with Crippen molar-refractivity contribution in [3.63, 3.8) is 0 Å². The molecule has 0 unspecified atom stereocenters. The molecule has 0 saturated carbocycles. The first-order valence-electron chi connectivity index (χ1n) is 5.45. The molecule has 0 aliphatic heterocycles. The van der Waals surface area contributed by atoms with E-state index < -0.39 is 16.6 Å². The fourth-order valence-electron chi connectivity index (χ4n) is 0.988. The minimum absolute atomic E-state index is 0.204. The molecular weight excluding hydrogens is 252 g/mol. The molecule has 96 valence electrons. The summed E-state index contributed by atoms with van der Waals surface area (Å²) >= 11 is 0. The van der Waals surface area contributed by atoms with Crippen molar-refractivity contribution in [2.24, 2.45) is 0 Å². The third-order valence-corrected chi connectivity index (χ3v) is 3.06. The van der Waals surface area contributed by atoms with Crippen LogP contribution >= 0.6 is 0 Å². The summed E-state index contributed by atoms with van der Waals surface area (Å²) < 4.78 is 11.4. The lowest BCUT2D eigenvalue weighted by molar-refractivity contribution is 0.466. The maximum absolute atomic E-state index is 5.72. The van der Waals surface area contributed by atoms with E-state index in [1.807, 2.05) is 39.3 Å². The van der Waals surface area contributed by atoms with Crippen molar-refractivity contribution < 1.29 is 8.85 Å². The average molecular weight is 272 g/mol. The van der Waals surface area contributed by atoms with Crippen LogP contribution in [0.15, 0.2) is 0 Å². The van der Waals surface area contributed by atoms with Gasteiger partial charge in [-0.15, -0.1) is 5.10 Å². The maximum Gasteiger partial charge on any atom is 0.325 e. The molecule has 0 aliphatic carbocycles. The molecule has 17 heavy (non-hydrogen) atoms. The largest absolute Gasteiger partial charge is 0.529 e. The molecule has 0 radical (unpaired) electrons. The smallest absolute Gasteiger partial charge is 0.325 e. The molecule has 0 fully saturated rings. The SMILES string of the molecule is C[Si](C)(C)Oc1nnc(N)c(O[Si](C)(C)C)n1. The second kappa shape index (κ2) is 4.61. The lowest BCUT2D eigenvalue weighted by Gasteiger charge is -2.20. The number of aromatic nitrogens is 3. The van der Waals surface area contributed by atoms with E-state index in [0.29, 0.717) is 5.88 Å². The van der Waals surface area contributed by atoms with Crippen molar-refractivity contribution in [1.29, 1.82) is 0 Å². The Kier molecular flexibility index (Phi) is 3.77. The molecule has 1 aromatic rings. The van der Waals surface area contributed by atoms with Gasteiger partial charge in [-0.3, -0.25) is 0 Å². The van der Waals surface area contributed by atoms with Gasteiger partial charge in [-0.2, -0.15) is 4.98 Å². The molecule has 0 aromatic carbocycles. The molecule has 1 aromatic heterocycles. The maximum atomic E-state index is 5.72. The summed E-state index contributed by atoms with van der Waals surface area (Å²) in [6.07, 6.45) is 0. The van der Waals surface area contributed by atoms with Crippen LogP contribution in [-0.4, -0.2) is 31.8 Å². The van der Waals surface area contributed by atoms with Crippen LogP contribution in [0.3, 0.4) is 0 Å². The Balaban J connectivity index is 2.95. The number of hydrogen-bond donors (Lipinski definition) is 1. The van der Waals surface area contributed by atoms with Gasteiger partial charge in [0, 0.05) is 0 Å². The van der Waals surface area contributed by atoms with Crippen molar-refractivity contribution in [1.82, 2.24) is 15.2 Å². The fraction of sp³-hybridized carbons (Fsp3) is 0.667. The van der Waals surface area contributed by atoms with Crippen LogP contribution in [0.1, 0.15) is 0 Å². The zero-order chi connectivity index (χ0) is 13.3. The molecular formula is C9H20N4O2Si2. The first-order chi connectivity index (χ1) is 7.57. The molecule has 8 heteroatoms. The second-order valence-electron chi connectivity index (χ2n) is 5.71. The lowest BCUT2D eigenvalue weighted by atomic mass is 10.7. The summed E-state index contributed by atoms with van der Waals surface area (Å²) in [5.41, 5.74) is 5.68. The number of nitrogens with two attached hydrogens (primary N) is 1. The zero-order valence-electron chi connectivity index (χ0n) is 11.2. The summed E-state index contributed by atoms with van der Waals surface area (Å²) in [7, 11) is -3.51. The highest BCUT2D eigenvalue weighted by Gasteiger charge is 2.23. The molecule has 0 atom stereocenters. The Bertz CT molecular complexity index is 401. The number of rotatable bonds is 4. The van der Waals surface area contributed by atoms with Crippen LogP contribution in [0.4, 0.5) is 5.82 Å². The highest BCUT2D eigenvalue weighted by molar-refractivity contribution is 6.70. The van der Waals surface area contributed by atoms with Crippen molar-refractivity contribution in [2.75, 3.05) is 5.73 Å². The minimum Gasteiger partial charge on any atom is -0.529 e. The monoisotopic (exact) mass is 272 g/mol. The van der Waals surface area contributed by atoms with Crippen molar-refractivity contribution in [2.45, 2.75) is 39.3 Å². The van der Waals surface area contributed by atoms with Crippen LogP contribution in [0.2, 0.25) is 39.3 Å². The Morgan fingerprint density at radius 2 is 1.41 bits per heavy atom. The van der Waals surface area contributed by atoms with E-state index in [2.05, 4.69) is 15.2 Å². The van der Waals surface area contributed by atoms with Gasteiger partial charge in [-0.25, -0.2) is 0 Å². The molecule has 1 rings (SSSR count). The number of nitrogen functional groups attached to an aromatic ring is 1. The average Bonchev–Trinajstić information content (AvgIpc) is 2.05. The summed E-state index contributed by atoms with van der Waals surface area (Å²) in [4.78, 5) is 4.17. The molecule has 0 aliphatic rings. The first-order valence-corrected chi connectivity index (χ1v) is 12.3. The van der Waals surface area contributed by atoms with Gasteiger partial charge in [0.05, 0.1) is 0 Å². The molecule has 0 bridgehead atoms. The van der Waals surface area contributed by atoms with E-state index in [4.69, 9.17) is 14.6 Å². The van der Waals surface area contributed by atoms with Crippen LogP contribution in [0, 0.1) is 0 Å². The van der Waals surface area contributed by atoms with Gasteiger partial charge in [0.15, 0.2) is 0 Å². The van der Waals surface area contributed by atoms with Crippen molar-refractivity contribution >= 4 is 22.5 Å². The first kappa shape index (κ1) is 13.9. The Hall–Kier alpha value is -1.16. The summed E-state index contributed by atoms with van der Waals surface area (Å²) in [5.74, 6) is 0.530. The molecule has 0 saturated heterocycles. The van der Waals surface area contributed by atoms with Crippen LogP contribution in [0.25, 0.3) is 0 Å². The van der Waals surface area contributed by atoms with E-state index in [9.17, 15) is 0 Å². The quantitative estimate of drug-likeness (QED) is 0.843. The molecule has 2 N–H and O–H groups in total. The van der Waals surface area contributed by atoms with E-state index >= 15 is 0 Å². The topological polar surface area (TPSA) is 83.2 Å². The van der Waals surface area contributed by atoms with Crippen LogP contribution in [0.5, 0.6) is 11.9 Å². The molecule has 0 amide bonds. The fourth-order valence-corrected chi connectivity index (χ4v) is 2.35. The van der Waals surface area contributed by atoms with Gasteiger partial charge >= 0.3 is 6.01 Å². The third-order valence-electron chi connectivity index (χ3n) is 1.46. The highest BCUT2D eigenvalue weighted by atomic mass is 28.4. The highest BCUT2D eigenvalue weighted by Crippen LogP contribution is 2.21. The van der Waals surface area contributed by atoms with Gasteiger partial charge in [0.2, 0.25) is 28.3 Å². The summed E-state index contributed by atoms with van der Waals surface area (Å²) in [5, 5.41) is 7.62. The van der Waals surface area contributed by atoms with E-state index in [1.54, 1.807) is 0 Å². The standard InChI is InChI=1S/C9H20N4O2Si2/c1-16(2,3)14-8-7(10)12-13-9(11-8)15-17(4,5)6/h1-6H3,(H2,10,12). The number of hydrogen-bond acceptors (Lipinski definition) is 6. The Morgan fingerprint density at radius 1 is 0.882 bits per heavy atom. The lowest BCUT2D eigenvalue weighted by Crippen LogP contribution is -2.32. The Labute approximate surface area is 104 Å². The predicted octanol–water partition coefficient (Wildman–Crippen LogP) is 1.88. The zero-order valence-corrected chi connectivity index (χ0v) is 13.2. The van der Waals surface area contributed by atoms with Crippen LogP contribution < -0.4 is 14.6 Å². The molecule has 0 spiro atoms. The van der Waals surface area contributed by atoms with Gasteiger partial charge in [0.1, 0.15) is 0 Å². The van der Waals surface area contributed by atoms with Crippen LogP contribution in [-0.2, 0) is 0 Å².